The number of hydrogen-bond donors (Lipinski definition) is 0. The van der Waals surface area contributed by atoms with Crippen molar-refractivity contribution in [3.63, 3.8) is 0 Å². The Morgan fingerprint density at radius 3 is 2.53 bits per heavy atom. The first-order chi connectivity index (χ1) is 8.95. The largest absolute Gasteiger partial charge is 0.418 e. The molecule has 0 saturated heterocycles. The molecule has 1 heterocycles. The highest BCUT2D eigenvalue weighted by molar-refractivity contribution is 6.28. The molecule has 3 nitrogen and oxygen atoms in total. The Balaban J connectivity index is 2.63. The van der Waals surface area contributed by atoms with Gasteiger partial charge in [-0.15, -0.1) is 10.2 Å². The van der Waals surface area contributed by atoms with E-state index in [9.17, 15) is 13.2 Å². The van der Waals surface area contributed by atoms with Crippen molar-refractivity contribution in [2.24, 2.45) is 0 Å². The summed E-state index contributed by atoms with van der Waals surface area (Å²) in [7, 11) is 0. The first-order valence-electron chi connectivity index (χ1n) is 5.71. The number of alkyl halides is 3. The summed E-state index contributed by atoms with van der Waals surface area (Å²) in [6.45, 7) is 1.91. The van der Waals surface area contributed by atoms with Crippen molar-refractivity contribution in [1.29, 1.82) is 0 Å². The van der Waals surface area contributed by atoms with Crippen LogP contribution in [-0.4, -0.2) is 14.8 Å². The van der Waals surface area contributed by atoms with E-state index in [0.717, 1.165) is 12.5 Å². The van der Waals surface area contributed by atoms with Crippen LogP contribution in [0.5, 0.6) is 0 Å². The minimum atomic E-state index is -4.45. The third-order valence-corrected chi connectivity index (χ3v) is 2.86. The summed E-state index contributed by atoms with van der Waals surface area (Å²) in [5.41, 5.74) is -0.803. The second kappa shape index (κ2) is 5.21. The van der Waals surface area contributed by atoms with Crippen LogP contribution in [0.2, 0.25) is 5.28 Å². The fourth-order valence-corrected chi connectivity index (χ4v) is 2.05. The lowest BCUT2D eigenvalue weighted by molar-refractivity contribution is -0.137. The molecule has 2 rings (SSSR count). The molecular formula is C12H11ClF3N3. The van der Waals surface area contributed by atoms with Gasteiger partial charge in [-0.25, -0.2) is 0 Å². The molecule has 2 aromatic rings. The molecule has 1 aromatic carbocycles. The van der Waals surface area contributed by atoms with Gasteiger partial charge in [-0.1, -0.05) is 19.1 Å². The number of nitrogens with zero attached hydrogens (tertiary/aromatic N) is 3. The number of aromatic nitrogens is 3. The number of halogens is 4. The zero-order chi connectivity index (χ0) is 14.0. The highest BCUT2D eigenvalue weighted by Gasteiger charge is 2.34. The zero-order valence-electron chi connectivity index (χ0n) is 10.1. The molecule has 0 aliphatic heterocycles. The van der Waals surface area contributed by atoms with Crippen molar-refractivity contribution in [2.75, 3.05) is 0 Å². The molecule has 19 heavy (non-hydrogen) atoms. The number of para-hydroxylation sites is 1. The first kappa shape index (κ1) is 13.9. The van der Waals surface area contributed by atoms with Crippen LogP contribution >= 0.6 is 11.6 Å². The van der Waals surface area contributed by atoms with Crippen LogP contribution in [0.4, 0.5) is 13.2 Å². The highest BCUT2D eigenvalue weighted by atomic mass is 35.5. The Kier molecular flexibility index (Phi) is 3.80. The minimum Gasteiger partial charge on any atom is -0.269 e. The summed E-state index contributed by atoms with van der Waals surface area (Å²) in [5.74, 6) is 0.421. The van der Waals surface area contributed by atoms with Gasteiger partial charge in [0.05, 0.1) is 11.3 Å². The van der Waals surface area contributed by atoms with E-state index in [1.165, 1.54) is 22.8 Å². The SMILES string of the molecule is CCCc1nnc(Cl)n1-c1ccccc1C(F)(F)F. The van der Waals surface area contributed by atoms with Crippen molar-refractivity contribution in [1.82, 2.24) is 14.8 Å². The molecule has 7 heteroatoms. The van der Waals surface area contributed by atoms with Gasteiger partial charge in [0.15, 0.2) is 0 Å². The maximum Gasteiger partial charge on any atom is 0.418 e. The van der Waals surface area contributed by atoms with Crippen molar-refractivity contribution < 1.29 is 13.2 Å². The van der Waals surface area contributed by atoms with Crippen LogP contribution in [0, 0.1) is 0 Å². The normalized spacial score (nSPS) is 11.8. The van der Waals surface area contributed by atoms with Gasteiger partial charge >= 0.3 is 6.18 Å². The molecule has 0 aliphatic carbocycles. The molecular weight excluding hydrogens is 279 g/mol. The van der Waals surface area contributed by atoms with Gasteiger partial charge in [0.2, 0.25) is 5.28 Å². The zero-order valence-corrected chi connectivity index (χ0v) is 10.8. The Morgan fingerprint density at radius 2 is 1.89 bits per heavy atom. The maximum atomic E-state index is 13.0. The van der Waals surface area contributed by atoms with Gasteiger partial charge in [-0.2, -0.15) is 13.2 Å². The summed E-state index contributed by atoms with van der Waals surface area (Å²) in [6.07, 6.45) is -3.21. The Hall–Kier alpha value is -1.56. The van der Waals surface area contributed by atoms with E-state index in [0.29, 0.717) is 12.2 Å². The third-order valence-electron chi connectivity index (χ3n) is 2.61. The standard InChI is InChI=1S/C12H11ClF3N3/c1-2-5-10-17-18-11(13)19(10)9-7-4-3-6-8(9)12(14,15)16/h3-4,6-7H,2,5H2,1H3. The summed E-state index contributed by atoms with van der Waals surface area (Å²) in [5, 5.41) is 7.40. The van der Waals surface area contributed by atoms with Crippen molar-refractivity contribution >= 4 is 11.6 Å². The van der Waals surface area contributed by atoms with Gasteiger partial charge < -0.3 is 0 Å². The van der Waals surface area contributed by atoms with E-state index in [4.69, 9.17) is 11.6 Å². The Bertz CT molecular complexity index is 578. The molecule has 0 unspecified atom stereocenters. The summed E-state index contributed by atoms with van der Waals surface area (Å²) < 4.78 is 40.2. The minimum absolute atomic E-state index is 0.0477. The van der Waals surface area contributed by atoms with Crippen molar-refractivity contribution in [2.45, 2.75) is 25.9 Å². The average molecular weight is 290 g/mol. The second-order valence-electron chi connectivity index (χ2n) is 3.99. The summed E-state index contributed by atoms with van der Waals surface area (Å²) in [6, 6.07) is 5.24. The predicted octanol–water partition coefficient (Wildman–Crippen LogP) is 3.89. The molecule has 1 aromatic heterocycles. The van der Waals surface area contributed by atoms with E-state index in [-0.39, 0.29) is 11.0 Å². The molecule has 0 aliphatic rings. The molecule has 0 fully saturated rings. The van der Waals surface area contributed by atoms with Gasteiger partial charge in [-0.3, -0.25) is 4.57 Å². The van der Waals surface area contributed by atoms with Crippen LogP contribution in [0.1, 0.15) is 24.7 Å². The van der Waals surface area contributed by atoms with E-state index >= 15 is 0 Å². The molecule has 0 atom stereocenters. The fraction of sp³-hybridized carbons (Fsp3) is 0.333. The molecule has 0 amide bonds. The molecule has 0 saturated carbocycles. The molecule has 0 radical (unpaired) electrons. The Labute approximate surface area is 113 Å². The average Bonchev–Trinajstić information content (AvgIpc) is 2.70. The number of aryl methyl sites for hydroxylation is 1. The molecule has 102 valence electrons. The quantitative estimate of drug-likeness (QED) is 0.858. The third kappa shape index (κ3) is 2.73. The van der Waals surface area contributed by atoms with Crippen LogP contribution in [-0.2, 0) is 12.6 Å². The van der Waals surface area contributed by atoms with Crippen molar-refractivity contribution in [3.05, 3.63) is 40.9 Å². The Morgan fingerprint density at radius 1 is 1.21 bits per heavy atom. The highest BCUT2D eigenvalue weighted by Crippen LogP contribution is 2.35. The monoisotopic (exact) mass is 289 g/mol. The van der Waals surface area contributed by atoms with Crippen LogP contribution < -0.4 is 0 Å². The van der Waals surface area contributed by atoms with Gasteiger partial charge in [0, 0.05) is 6.42 Å². The van der Waals surface area contributed by atoms with E-state index < -0.39 is 11.7 Å². The lowest BCUT2D eigenvalue weighted by Crippen LogP contribution is -2.12. The van der Waals surface area contributed by atoms with E-state index in [1.54, 1.807) is 0 Å². The molecule has 0 N–H and O–H groups in total. The lowest BCUT2D eigenvalue weighted by Gasteiger charge is -2.14. The number of hydrogen-bond acceptors (Lipinski definition) is 2. The number of benzene rings is 1. The molecule has 0 bridgehead atoms. The van der Waals surface area contributed by atoms with Gasteiger partial charge in [0.1, 0.15) is 5.82 Å². The van der Waals surface area contributed by atoms with Crippen LogP contribution in [0.25, 0.3) is 5.69 Å². The summed E-state index contributed by atoms with van der Waals surface area (Å²) in [4.78, 5) is 0. The van der Waals surface area contributed by atoms with Crippen molar-refractivity contribution in [3.8, 4) is 5.69 Å². The topological polar surface area (TPSA) is 30.7 Å². The summed E-state index contributed by atoms with van der Waals surface area (Å²) >= 11 is 5.86. The molecule has 0 spiro atoms. The van der Waals surface area contributed by atoms with Gasteiger partial charge in [0.25, 0.3) is 0 Å². The fourth-order valence-electron chi connectivity index (χ4n) is 1.83. The van der Waals surface area contributed by atoms with E-state index in [2.05, 4.69) is 10.2 Å². The van der Waals surface area contributed by atoms with Crippen LogP contribution in [0.3, 0.4) is 0 Å². The lowest BCUT2D eigenvalue weighted by atomic mass is 10.1. The maximum absolute atomic E-state index is 13.0. The van der Waals surface area contributed by atoms with E-state index in [1.807, 2.05) is 6.92 Å². The number of rotatable bonds is 3. The van der Waals surface area contributed by atoms with Gasteiger partial charge in [-0.05, 0) is 30.2 Å². The first-order valence-corrected chi connectivity index (χ1v) is 6.09. The smallest absolute Gasteiger partial charge is 0.269 e. The van der Waals surface area contributed by atoms with Crippen LogP contribution in [0.15, 0.2) is 24.3 Å². The second-order valence-corrected chi connectivity index (χ2v) is 4.32. The predicted molar refractivity (Wildman–Crippen MR) is 65.4 cm³/mol.